The normalized spacial score (nSPS) is 11.8. The van der Waals surface area contributed by atoms with Crippen molar-refractivity contribution in [2.24, 2.45) is 0 Å². The Balaban J connectivity index is 1.95. The average molecular weight is 286 g/mol. The molecule has 20 heavy (non-hydrogen) atoms. The summed E-state index contributed by atoms with van der Waals surface area (Å²) in [6.07, 6.45) is -2.72. The molecule has 108 valence electrons. The average Bonchev–Trinajstić information content (AvgIpc) is 2.40. The van der Waals surface area contributed by atoms with E-state index in [2.05, 4.69) is 9.72 Å². The summed E-state index contributed by atoms with van der Waals surface area (Å²) in [5.41, 5.74) is 6.89. The minimum atomic E-state index is -4.32. The van der Waals surface area contributed by atoms with Gasteiger partial charge in [-0.3, -0.25) is 4.98 Å². The molecule has 1 aromatic carbocycles. The second-order valence-corrected chi connectivity index (χ2v) is 4.07. The zero-order valence-electron chi connectivity index (χ0n) is 10.5. The molecule has 0 aliphatic carbocycles. The van der Waals surface area contributed by atoms with E-state index < -0.39 is 12.8 Å². The molecule has 0 aliphatic rings. The quantitative estimate of drug-likeness (QED) is 0.678. The van der Waals surface area contributed by atoms with E-state index in [0.717, 1.165) is 0 Å². The Bertz CT molecular complexity index is 587. The first kappa shape index (κ1) is 14.4. The lowest BCUT2D eigenvalue weighted by Crippen LogP contribution is -2.19. The summed E-state index contributed by atoms with van der Waals surface area (Å²) in [4.78, 5) is 4.13. The molecule has 2 rings (SSSR count). The number of benzene rings is 1. The van der Waals surface area contributed by atoms with Crippen molar-refractivity contribution in [2.75, 3.05) is 25.6 Å². The molecule has 1 aromatic heterocycles. The van der Waals surface area contributed by atoms with Crippen LogP contribution >= 0.6 is 0 Å². The van der Waals surface area contributed by atoms with Crippen molar-refractivity contribution < 1.29 is 22.6 Å². The van der Waals surface area contributed by atoms with Gasteiger partial charge in [-0.05, 0) is 24.3 Å². The van der Waals surface area contributed by atoms with Gasteiger partial charge in [0.2, 0.25) is 0 Å². The van der Waals surface area contributed by atoms with Gasteiger partial charge in [-0.2, -0.15) is 13.2 Å². The predicted octanol–water partition coefficient (Wildman–Crippen LogP) is 2.77. The van der Waals surface area contributed by atoms with Crippen LogP contribution in [-0.2, 0) is 4.74 Å². The molecule has 0 saturated heterocycles. The highest BCUT2D eigenvalue weighted by Crippen LogP contribution is 2.28. The van der Waals surface area contributed by atoms with Crippen molar-refractivity contribution in [3.8, 4) is 5.75 Å². The second-order valence-electron chi connectivity index (χ2n) is 4.07. The van der Waals surface area contributed by atoms with Crippen LogP contribution < -0.4 is 10.5 Å². The van der Waals surface area contributed by atoms with E-state index in [4.69, 9.17) is 10.5 Å². The van der Waals surface area contributed by atoms with Crippen LogP contribution in [0.3, 0.4) is 0 Å². The smallest absolute Gasteiger partial charge is 0.411 e. The van der Waals surface area contributed by atoms with Gasteiger partial charge in [0.05, 0.1) is 17.8 Å². The molecule has 0 saturated carbocycles. The van der Waals surface area contributed by atoms with Crippen LogP contribution in [0.2, 0.25) is 0 Å². The molecule has 0 fully saturated rings. The van der Waals surface area contributed by atoms with E-state index in [1.807, 2.05) is 0 Å². The van der Waals surface area contributed by atoms with Crippen LogP contribution in [0.15, 0.2) is 30.5 Å². The molecule has 4 nitrogen and oxygen atoms in total. The first-order chi connectivity index (χ1) is 9.47. The maximum absolute atomic E-state index is 11.9. The van der Waals surface area contributed by atoms with Crippen molar-refractivity contribution in [3.63, 3.8) is 0 Å². The summed E-state index contributed by atoms with van der Waals surface area (Å²) in [6, 6.07) is 6.81. The third-order valence-corrected chi connectivity index (χ3v) is 2.51. The molecule has 2 N–H and O–H groups in total. The summed E-state index contributed by atoms with van der Waals surface area (Å²) in [6.45, 7) is -1.41. The van der Waals surface area contributed by atoms with Gasteiger partial charge in [0, 0.05) is 11.6 Å². The fraction of sp³-hybridized carbons (Fsp3) is 0.308. The zero-order valence-corrected chi connectivity index (χ0v) is 10.5. The fourth-order valence-corrected chi connectivity index (χ4v) is 1.69. The van der Waals surface area contributed by atoms with Crippen LogP contribution in [0.25, 0.3) is 10.9 Å². The number of aromatic nitrogens is 1. The van der Waals surface area contributed by atoms with Gasteiger partial charge in [0.15, 0.2) is 0 Å². The minimum Gasteiger partial charge on any atom is -0.490 e. The number of nitrogens with zero attached hydrogens (tertiary/aromatic N) is 1. The van der Waals surface area contributed by atoms with Gasteiger partial charge < -0.3 is 15.2 Å². The Morgan fingerprint density at radius 1 is 1.15 bits per heavy atom. The maximum atomic E-state index is 11.9. The Kier molecular flexibility index (Phi) is 4.29. The number of halogens is 3. The number of hydrogen-bond donors (Lipinski definition) is 1. The highest BCUT2D eigenvalue weighted by atomic mass is 19.4. The summed E-state index contributed by atoms with van der Waals surface area (Å²) in [5, 5.41) is 0.711. The van der Waals surface area contributed by atoms with Crippen molar-refractivity contribution in [2.45, 2.75) is 6.18 Å². The number of nitrogen functional groups attached to an aromatic ring is 1. The largest absolute Gasteiger partial charge is 0.490 e. The number of pyridine rings is 1. The van der Waals surface area contributed by atoms with Crippen LogP contribution in [0.1, 0.15) is 0 Å². The zero-order chi connectivity index (χ0) is 14.6. The minimum absolute atomic E-state index is 0.0178. The van der Waals surface area contributed by atoms with E-state index in [1.54, 1.807) is 30.5 Å². The molecule has 0 atom stereocenters. The molecular formula is C13H13F3N2O2. The van der Waals surface area contributed by atoms with Crippen LogP contribution in [-0.4, -0.2) is 31.0 Å². The van der Waals surface area contributed by atoms with Gasteiger partial charge >= 0.3 is 6.18 Å². The SMILES string of the molecule is Nc1ccc(OCCOCC(F)(F)F)c2cccnc12. The number of rotatable bonds is 5. The second kappa shape index (κ2) is 5.96. The van der Waals surface area contributed by atoms with Crippen molar-refractivity contribution in [3.05, 3.63) is 30.5 Å². The van der Waals surface area contributed by atoms with Gasteiger partial charge in [0.25, 0.3) is 0 Å². The number of ether oxygens (including phenoxy) is 2. The summed E-state index contributed by atoms with van der Waals surface area (Å²) in [7, 11) is 0. The van der Waals surface area contributed by atoms with Gasteiger partial charge in [-0.1, -0.05) is 0 Å². The highest BCUT2D eigenvalue weighted by Gasteiger charge is 2.27. The lowest BCUT2D eigenvalue weighted by molar-refractivity contribution is -0.175. The molecule has 0 bridgehead atoms. The Morgan fingerprint density at radius 2 is 1.95 bits per heavy atom. The number of nitrogens with two attached hydrogens (primary N) is 1. The lowest BCUT2D eigenvalue weighted by Gasteiger charge is -2.11. The molecule has 0 unspecified atom stereocenters. The maximum Gasteiger partial charge on any atom is 0.411 e. The Hall–Kier alpha value is -2.02. The van der Waals surface area contributed by atoms with Crippen molar-refractivity contribution in [1.82, 2.24) is 4.98 Å². The van der Waals surface area contributed by atoms with Crippen molar-refractivity contribution >= 4 is 16.6 Å². The lowest BCUT2D eigenvalue weighted by atomic mass is 10.2. The molecule has 1 heterocycles. The number of fused-ring (bicyclic) bond motifs is 1. The number of anilines is 1. The molecule has 0 aliphatic heterocycles. The van der Waals surface area contributed by atoms with E-state index in [9.17, 15) is 13.2 Å². The Morgan fingerprint density at radius 3 is 2.70 bits per heavy atom. The van der Waals surface area contributed by atoms with Crippen LogP contribution in [0, 0.1) is 0 Å². The fourth-order valence-electron chi connectivity index (χ4n) is 1.69. The van der Waals surface area contributed by atoms with E-state index >= 15 is 0 Å². The standard InChI is InChI=1S/C13H13F3N2O2/c14-13(15,16)8-19-6-7-20-11-4-3-10(17)12-9(11)2-1-5-18-12/h1-5H,6-8,17H2. The number of alkyl halides is 3. The van der Waals surface area contributed by atoms with Crippen molar-refractivity contribution in [1.29, 1.82) is 0 Å². The van der Waals surface area contributed by atoms with Gasteiger partial charge in [0.1, 0.15) is 19.0 Å². The first-order valence-corrected chi connectivity index (χ1v) is 5.88. The molecule has 0 amide bonds. The number of hydrogen-bond acceptors (Lipinski definition) is 4. The Labute approximate surface area is 113 Å². The molecule has 7 heteroatoms. The summed E-state index contributed by atoms with van der Waals surface area (Å²) in [5.74, 6) is 0.512. The third kappa shape index (κ3) is 3.74. The summed E-state index contributed by atoms with van der Waals surface area (Å²) >= 11 is 0. The van der Waals surface area contributed by atoms with Gasteiger partial charge in [-0.15, -0.1) is 0 Å². The molecule has 0 spiro atoms. The van der Waals surface area contributed by atoms with E-state index in [0.29, 0.717) is 22.3 Å². The monoisotopic (exact) mass is 286 g/mol. The third-order valence-electron chi connectivity index (χ3n) is 2.51. The van der Waals surface area contributed by atoms with Gasteiger partial charge in [-0.25, -0.2) is 0 Å². The molecule has 0 radical (unpaired) electrons. The van der Waals surface area contributed by atoms with Crippen LogP contribution in [0.4, 0.5) is 18.9 Å². The highest BCUT2D eigenvalue weighted by molar-refractivity contribution is 5.93. The topological polar surface area (TPSA) is 57.4 Å². The predicted molar refractivity (Wildman–Crippen MR) is 68.5 cm³/mol. The first-order valence-electron chi connectivity index (χ1n) is 5.88. The van der Waals surface area contributed by atoms with Crippen LogP contribution in [0.5, 0.6) is 5.75 Å². The molecule has 2 aromatic rings. The summed E-state index contributed by atoms with van der Waals surface area (Å²) < 4.78 is 45.5. The molecular weight excluding hydrogens is 273 g/mol. The van der Waals surface area contributed by atoms with E-state index in [-0.39, 0.29) is 13.2 Å². The van der Waals surface area contributed by atoms with E-state index in [1.165, 1.54) is 0 Å².